The summed E-state index contributed by atoms with van der Waals surface area (Å²) in [4.78, 5) is 12.2. The molecule has 0 aromatic heterocycles. The van der Waals surface area contributed by atoms with Gasteiger partial charge in [-0.1, -0.05) is 19.9 Å². The lowest BCUT2D eigenvalue weighted by molar-refractivity contribution is 0.0893. The smallest absolute Gasteiger partial charge is 0.255 e. The molecule has 19 heavy (non-hydrogen) atoms. The SMILES string of the molecule is CCOc1c(N)cccc1C(=O)NC(CO)C(C)C. The van der Waals surface area contributed by atoms with E-state index in [1.807, 2.05) is 20.8 Å². The summed E-state index contributed by atoms with van der Waals surface area (Å²) in [5.41, 5.74) is 6.63. The molecule has 0 saturated carbocycles. The third kappa shape index (κ3) is 3.86. The Labute approximate surface area is 113 Å². The van der Waals surface area contributed by atoms with Gasteiger partial charge in [-0.2, -0.15) is 0 Å². The maximum atomic E-state index is 12.2. The fraction of sp³-hybridized carbons (Fsp3) is 0.500. The first-order valence-electron chi connectivity index (χ1n) is 6.44. The number of nitrogens with one attached hydrogen (secondary N) is 1. The van der Waals surface area contributed by atoms with E-state index in [2.05, 4.69) is 5.32 Å². The van der Waals surface area contributed by atoms with Crippen molar-refractivity contribution in [3.63, 3.8) is 0 Å². The van der Waals surface area contributed by atoms with Crippen molar-refractivity contribution in [3.05, 3.63) is 23.8 Å². The second-order valence-electron chi connectivity index (χ2n) is 4.66. The van der Waals surface area contributed by atoms with Gasteiger partial charge < -0.3 is 20.9 Å². The second kappa shape index (κ2) is 6.99. The molecule has 5 nitrogen and oxygen atoms in total. The molecular weight excluding hydrogens is 244 g/mol. The third-order valence-corrected chi connectivity index (χ3v) is 2.90. The number of nitrogens with two attached hydrogens (primary N) is 1. The summed E-state index contributed by atoms with van der Waals surface area (Å²) in [5, 5.41) is 12.0. The van der Waals surface area contributed by atoms with Gasteiger partial charge in [-0.25, -0.2) is 0 Å². The minimum atomic E-state index is -0.289. The maximum absolute atomic E-state index is 12.2. The summed E-state index contributed by atoms with van der Waals surface area (Å²) in [5.74, 6) is 0.247. The molecule has 1 rings (SSSR count). The molecule has 106 valence electrons. The van der Waals surface area contributed by atoms with Gasteiger partial charge in [-0.05, 0) is 25.0 Å². The number of amides is 1. The highest BCUT2D eigenvalue weighted by Gasteiger charge is 2.20. The number of hydrogen-bond donors (Lipinski definition) is 3. The molecule has 0 heterocycles. The predicted octanol–water partition coefficient (Wildman–Crippen LogP) is 1.41. The molecule has 5 heteroatoms. The monoisotopic (exact) mass is 266 g/mol. The summed E-state index contributed by atoms with van der Waals surface area (Å²) in [6, 6.07) is 4.76. The molecular formula is C14H22N2O3. The molecule has 1 amide bonds. The first-order chi connectivity index (χ1) is 9.01. The minimum absolute atomic E-state index is 0.101. The number of benzene rings is 1. The van der Waals surface area contributed by atoms with Crippen molar-refractivity contribution < 1.29 is 14.6 Å². The van der Waals surface area contributed by atoms with Gasteiger partial charge >= 0.3 is 0 Å². The van der Waals surface area contributed by atoms with Crippen LogP contribution in [-0.2, 0) is 0 Å². The topological polar surface area (TPSA) is 84.6 Å². The van der Waals surface area contributed by atoms with Crippen LogP contribution in [-0.4, -0.2) is 30.3 Å². The molecule has 1 aromatic rings. The van der Waals surface area contributed by atoms with Gasteiger partial charge in [0.25, 0.3) is 5.91 Å². The zero-order valence-corrected chi connectivity index (χ0v) is 11.6. The summed E-state index contributed by atoms with van der Waals surface area (Å²) in [6.07, 6.45) is 0. The van der Waals surface area contributed by atoms with Crippen molar-refractivity contribution in [1.29, 1.82) is 0 Å². The van der Waals surface area contributed by atoms with Crippen LogP contribution in [0.15, 0.2) is 18.2 Å². The van der Waals surface area contributed by atoms with Gasteiger partial charge in [-0.3, -0.25) is 4.79 Å². The summed E-state index contributed by atoms with van der Waals surface area (Å²) in [7, 11) is 0. The van der Waals surface area contributed by atoms with E-state index in [1.165, 1.54) is 0 Å². The van der Waals surface area contributed by atoms with Crippen molar-refractivity contribution >= 4 is 11.6 Å². The number of para-hydroxylation sites is 1. The van der Waals surface area contributed by atoms with Crippen molar-refractivity contribution in [2.24, 2.45) is 5.92 Å². The van der Waals surface area contributed by atoms with Crippen LogP contribution in [0.3, 0.4) is 0 Å². The van der Waals surface area contributed by atoms with Crippen LogP contribution in [0.1, 0.15) is 31.1 Å². The average molecular weight is 266 g/mol. The molecule has 0 aliphatic heterocycles. The molecule has 1 unspecified atom stereocenters. The van der Waals surface area contributed by atoms with Gasteiger partial charge in [-0.15, -0.1) is 0 Å². The van der Waals surface area contributed by atoms with Gasteiger partial charge in [0.05, 0.1) is 30.5 Å². The minimum Gasteiger partial charge on any atom is -0.491 e. The number of carbonyl (C=O) groups is 1. The standard InChI is InChI=1S/C14H22N2O3/c1-4-19-13-10(6-5-7-11(13)15)14(18)16-12(8-17)9(2)3/h5-7,9,12,17H,4,8,15H2,1-3H3,(H,16,18). The van der Waals surface area contributed by atoms with Gasteiger partial charge in [0.15, 0.2) is 5.75 Å². The summed E-state index contributed by atoms with van der Waals surface area (Å²) < 4.78 is 5.42. The number of carbonyl (C=O) groups excluding carboxylic acids is 1. The van der Waals surface area contributed by atoms with Crippen LogP contribution in [0.2, 0.25) is 0 Å². The number of rotatable bonds is 6. The number of aliphatic hydroxyl groups is 1. The zero-order valence-electron chi connectivity index (χ0n) is 11.6. The third-order valence-electron chi connectivity index (χ3n) is 2.90. The van der Waals surface area contributed by atoms with Crippen LogP contribution in [0.5, 0.6) is 5.75 Å². The van der Waals surface area contributed by atoms with E-state index in [0.717, 1.165) is 0 Å². The molecule has 0 radical (unpaired) electrons. The Balaban J connectivity index is 2.96. The quantitative estimate of drug-likeness (QED) is 0.680. The second-order valence-corrected chi connectivity index (χ2v) is 4.66. The molecule has 0 fully saturated rings. The van der Waals surface area contributed by atoms with Crippen molar-refractivity contribution in [2.75, 3.05) is 18.9 Å². The molecule has 0 bridgehead atoms. The van der Waals surface area contributed by atoms with Gasteiger partial charge in [0.2, 0.25) is 0 Å². The van der Waals surface area contributed by atoms with E-state index in [4.69, 9.17) is 10.5 Å². The Bertz CT molecular complexity index is 433. The molecule has 1 aromatic carbocycles. The van der Waals surface area contributed by atoms with E-state index in [-0.39, 0.29) is 24.5 Å². The van der Waals surface area contributed by atoms with E-state index in [1.54, 1.807) is 18.2 Å². The fourth-order valence-corrected chi connectivity index (χ4v) is 1.71. The predicted molar refractivity (Wildman–Crippen MR) is 75.2 cm³/mol. The number of nitrogen functional groups attached to an aromatic ring is 1. The van der Waals surface area contributed by atoms with Crippen LogP contribution in [0, 0.1) is 5.92 Å². The summed E-state index contributed by atoms with van der Waals surface area (Å²) in [6.45, 7) is 6.03. The maximum Gasteiger partial charge on any atom is 0.255 e. The molecule has 1 atom stereocenters. The normalized spacial score (nSPS) is 12.3. The van der Waals surface area contributed by atoms with Crippen LogP contribution in [0.25, 0.3) is 0 Å². The number of hydrogen-bond acceptors (Lipinski definition) is 4. The zero-order chi connectivity index (χ0) is 14.4. The van der Waals surface area contributed by atoms with Gasteiger partial charge in [0, 0.05) is 0 Å². The molecule has 0 aliphatic carbocycles. The van der Waals surface area contributed by atoms with Crippen LogP contribution in [0.4, 0.5) is 5.69 Å². The average Bonchev–Trinajstić information content (AvgIpc) is 2.37. The highest BCUT2D eigenvalue weighted by Crippen LogP contribution is 2.26. The van der Waals surface area contributed by atoms with E-state index in [9.17, 15) is 9.90 Å². The van der Waals surface area contributed by atoms with E-state index >= 15 is 0 Å². The molecule has 4 N–H and O–H groups in total. The molecule has 0 saturated heterocycles. The summed E-state index contributed by atoms with van der Waals surface area (Å²) >= 11 is 0. The van der Waals surface area contributed by atoms with Gasteiger partial charge in [0.1, 0.15) is 0 Å². The number of anilines is 1. The van der Waals surface area contributed by atoms with E-state index < -0.39 is 0 Å². The number of ether oxygens (including phenoxy) is 1. The Morgan fingerprint density at radius 3 is 2.68 bits per heavy atom. The fourth-order valence-electron chi connectivity index (χ4n) is 1.71. The lowest BCUT2D eigenvalue weighted by atomic mass is 10.0. The highest BCUT2D eigenvalue weighted by atomic mass is 16.5. The Kier molecular flexibility index (Phi) is 5.63. The Hall–Kier alpha value is -1.75. The lowest BCUT2D eigenvalue weighted by Gasteiger charge is -2.21. The Morgan fingerprint density at radius 1 is 1.47 bits per heavy atom. The first kappa shape index (κ1) is 15.3. The van der Waals surface area contributed by atoms with Crippen LogP contribution >= 0.6 is 0 Å². The number of aliphatic hydroxyl groups excluding tert-OH is 1. The molecule has 0 aliphatic rings. The largest absolute Gasteiger partial charge is 0.491 e. The Morgan fingerprint density at radius 2 is 2.16 bits per heavy atom. The molecule has 0 spiro atoms. The highest BCUT2D eigenvalue weighted by molar-refractivity contribution is 5.98. The first-order valence-corrected chi connectivity index (χ1v) is 6.44. The van der Waals surface area contributed by atoms with Crippen molar-refractivity contribution in [1.82, 2.24) is 5.32 Å². The van der Waals surface area contributed by atoms with Crippen LogP contribution < -0.4 is 15.8 Å². The lowest BCUT2D eigenvalue weighted by Crippen LogP contribution is -2.41. The van der Waals surface area contributed by atoms with E-state index in [0.29, 0.717) is 23.6 Å². The van der Waals surface area contributed by atoms with Crippen molar-refractivity contribution in [3.8, 4) is 5.75 Å². The van der Waals surface area contributed by atoms with Crippen molar-refractivity contribution in [2.45, 2.75) is 26.8 Å².